The molecule has 3 nitrogen and oxygen atoms in total. The molecule has 1 aliphatic rings. The molecule has 24 heavy (non-hydrogen) atoms. The number of amides is 1. The van der Waals surface area contributed by atoms with E-state index < -0.39 is 11.7 Å². The van der Waals surface area contributed by atoms with Crippen molar-refractivity contribution in [2.45, 2.75) is 51.9 Å². The highest BCUT2D eigenvalue weighted by Gasteiger charge is 2.31. The number of nitrogens with zero attached hydrogens (tertiary/aromatic N) is 1. The molecule has 1 N–H and O–H groups in total. The first-order valence-corrected chi connectivity index (χ1v) is 8.41. The minimum absolute atomic E-state index is 0.0322. The summed E-state index contributed by atoms with van der Waals surface area (Å²) >= 11 is 0. The fraction of sp³-hybridized carbons (Fsp3) is 0.611. The molecule has 1 heterocycles. The molecule has 0 aliphatic carbocycles. The summed E-state index contributed by atoms with van der Waals surface area (Å²) in [7, 11) is 0. The van der Waals surface area contributed by atoms with Gasteiger partial charge in [-0.3, -0.25) is 4.79 Å². The van der Waals surface area contributed by atoms with Crippen molar-refractivity contribution in [3.05, 3.63) is 35.4 Å². The number of hydrogen-bond acceptors (Lipinski definition) is 2. The summed E-state index contributed by atoms with van der Waals surface area (Å²) in [6, 6.07) is 5.56. The number of likely N-dealkylation sites (tertiary alicyclic amines) is 1. The van der Waals surface area contributed by atoms with Crippen LogP contribution in [0.3, 0.4) is 0 Å². The van der Waals surface area contributed by atoms with E-state index in [0.717, 1.165) is 43.6 Å². The van der Waals surface area contributed by atoms with Gasteiger partial charge in [-0.2, -0.15) is 13.2 Å². The largest absolute Gasteiger partial charge is 0.416 e. The van der Waals surface area contributed by atoms with E-state index in [-0.39, 0.29) is 18.0 Å². The lowest BCUT2D eigenvalue weighted by atomic mass is 9.88. The molecule has 1 aliphatic heterocycles. The molecular weight excluding hydrogens is 317 g/mol. The first-order valence-electron chi connectivity index (χ1n) is 8.41. The minimum atomic E-state index is -4.30. The quantitative estimate of drug-likeness (QED) is 0.897. The summed E-state index contributed by atoms with van der Waals surface area (Å²) in [5, 5.41) is 3.53. The van der Waals surface area contributed by atoms with Gasteiger partial charge in [0.05, 0.1) is 5.56 Å². The normalized spacial score (nSPS) is 23.2. The molecule has 6 heteroatoms. The topological polar surface area (TPSA) is 32.3 Å². The summed E-state index contributed by atoms with van der Waals surface area (Å²) in [5.74, 6) is 0.460. The van der Waals surface area contributed by atoms with Crippen LogP contribution < -0.4 is 5.32 Å². The lowest BCUT2D eigenvalue weighted by molar-refractivity contribution is -0.137. The van der Waals surface area contributed by atoms with Crippen molar-refractivity contribution < 1.29 is 18.0 Å². The van der Waals surface area contributed by atoms with Crippen LogP contribution in [0.15, 0.2) is 24.3 Å². The van der Waals surface area contributed by atoms with Gasteiger partial charge in [-0.25, -0.2) is 0 Å². The monoisotopic (exact) mass is 342 g/mol. The first kappa shape index (κ1) is 18.8. The van der Waals surface area contributed by atoms with Crippen molar-refractivity contribution >= 4 is 5.91 Å². The third-order valence-electron chi connectivity index (χ3n) is 4.91. The van der Waals surface area contributed by atoms with Crippen molar-refractivity contribution in [1.29, 1.82) is 0 Å². The molecule has 1 fully saturated rings. The predicted octanol–water partition coefficient (Wildman–Crippen LogP) is 4.00. The number of benzene rings is 1. The minimum Gasteiger partial charge on any atom is -0.343 e. The highest BCUT2D eigenvalue weighted by atomic mass is 19.4. The van der Waals surface area contributed by atoms with Crippen molar-refractivity contribution in [1.82, 2.24) is 10.2 Å². The van der Waals surface area contributed by atoms with E-state index in [4.69, 9.17) is 0 Å². The van der Waals surface area contributed by atoms with E-state index in [1.807, 2.05) is 11.8 Å². The van der Waals surface area contributed by atoms with Crippen LogP contribution in [0.1, 0.15) is 50.8 Å². The molecule has 0 aromatic heterocycles. The fourth-order valence-corrected chi connectivity index (χ4v) is 3.33. The van der Waals surface area contributed by atoms with Gasteiger partial charge >= 0.3 is 6.18 Å². The van der Waals surface area contributed by atoms with E-state index in [0.29, 0.717) is 5.92 Å². The van der Waals surface area contributed by atoms with Gasteiger partial charge in [-0.05, 0) is 37.0 Å². The van der Waals surface area contributed by atoms with Gasteiger partial charge in [0.1, 0.15) is 0 Å². The Morgan fingerprint density at radius 1 is 1.33 bits per heavy atom. The van der Waals surface area contributed by atoms with Gasteiger partial charge in [-0.15, -0.1) is 0 Å². The molecule has 0 radical (unpaired) electrons. The summed E-state index contributed by atoms with van der Waals surface area (Å²) < 4.78 is 37.9. The number of nitrogens with one attached hydrogen (secondary N) is 1. The average Bonchev–Trinajstić information content (AvgIpc) is 2.54. The van der Waals surface area contributed by atoms with E-state index in [1.165, 1.54) is 12.1 Å². The molecule has 1 aromatic carbocycles. The SMILES string of the molecule is CC[C@@H]1CN(C(C)=O)CC[C@H]1N[C@@H](C)c1ccc(C(F)(F)F)cc1. The Morgan fingerprint density at radius 3 is 2.46 bits per heavy atom. The van der Waals surface area contributed by atoms with Gasteiger partial charge in [0.2, 0.25) is 5.91 Å². The number of piperidine rings is 1. The second-order valence-electron chi connectivity index (χ2n) is 6.54. The number of halogens is 3. The predicted molar refractivity (Wildman–Crippen MR) is 87.4 cm³/mol. The third kappa shape index (κ3) is 4.50. The molecule has 1 amide bonds. The number of carbonyl (C=O) groups excluding carboxylic acids is 1. The van der Waals surface area contributed by atoms with Crippen LogP contribution in [0.4, 0.5) is 13.2 Å². The zero-order valence-electron chi connectivity index (χ0n) is 14.4. The molecule has 0 spiro atoms. The van der Waals surface area contributed by atoms with Crippen LogP contribution in [0, 0.1) is 5.92 Å². The van der Waals surface area contributed by atoms with Gasteiger partial charge in [0, 0.05) is 32.1 Å². The van der Waals surface area contributed by atoms with Gasteiger partial charge in [-0.1, -0.05) is 25.5 Å². The Balaban J connectivity index is 2.01. The maximum atomic E-state index is 12.6. The van der Waals surface area contributed by atoms with E-state index in [2.05, 4.69) is 12.2 Å². The molecule has 0 bridgehead atoms. The second kappa shape index (κ2) is 7.55. The van der Waals surface area contributed by atoms with Crippen molar-refractivity contribution in [3.63, 3.8) is 0 Å². The summed E-state index contributed by atoms with van der Waals surface area (Å²) in [6.45, 7) is 7.12. The number of hydrogen-bond donors (Lipinski definition) is 1. The highest BCUT2D eigenvalue weighted by molar-refractivity contribution is 5.73. The summed E-state index contributed by atoms with van der Waals surface area (Å²) in [6.07, 6.45) is -2.48. The number of rotatable bonds is 4. The lowest BCUT2D eigenvalue weighted by Crippen LogP contribution is -2.50. The zero-order chi connectivity index (χ0) is 17.9. The van der Waals surface area contributed by atoms with Crippen LogP contribution in [0.25, 0.3) is 0 Å². The van der Waals surface area contributed by atoms with Gasteiger partial charge in [0.15, 0.2) is 0 Å². The lowest BCUT2D eigenvalue weighted by Gasteiger charge is -2.39. The van der Waals surface area contributed by atoms with Crippen LogP contribution >= 0.6 is 0 Å². The number of alkyl halides is 3. The Hall–Kier alpha value is -1.56. The zero-order valence-corrected chi connectivity index (χ0v) is 14.4. The molecule has 1 saturated heterocycles. The molecule has 1 aromatic rings. The fourth-order valence-electron chi connectivity index (χ4n) is 3.33. The van der Waals surface area contributed by atoms with Crippen molar-refractivity contribution in [2.24, 2.45) is 5.92 Å². The smallest absolute Gasteiger partial charge is 0.343 e. The van der Waals surface area contributed by atoms with Crippen molar-refractivity contribution in [2.75, 3.05) is 13.1 Å². The van der Waals surface area contributed by atoms with Crippen LogP contribution in [0.5, 0.6) is 0 Å². The Morgan fingerprint density at radius 2 is 1.96 bits per heavy atom. The molecule has 0 unspecified atom stereocenters. The average molecular weight is 342 g/mol. The standard InChI is InChI=1S/C18H25F3N2O/c1-4-14-11-23(13(3)24)10-9-17(14)22-12(2)15-5-7-16(8-6-15)18(19,20)21/h5-8,12,14,17,22H,4,9-11H2,1-3H3/t12-,14+,17+/m0/s1. The van der Waals surface area contributed by atoms with Crippen LogP contribution in [-0.2, 0) is 11.0 Å². The van der Waals surface area contributed by atoms with Gasteiger partial charge < -0.3 is 10.2 Å². The van der Waals surface area contributed by atoms with Crippen LogP contribution in [-0.4, -0.2) is 29.9 Å². The highest BCUT2D eigenvalue weighted by Crippen LogP contribution is 2.30. The third-order valence-corrected chi connectivity index (χ3v) is 4.91. The number of carbonyl (C=O) groups is 1. The van der Waals surface area contributed by atoms with Gasteiger partial charge in [0.25, 0.3) is 0 Å². The maximum absolute atomic E-state index is 12.6. The molecule has 3 atom stereocenters. The van der Waals surface area contributed by atoms with E-state index >= 15 is 0 Å². The molecule has 2 rings (SSSR count). The summed E-state index contributed by atoms with van der Waals surface area (Å²) in [4.78, 5) is 13.4. The van der Waals surface area contributed by atoms with E-state index in [1.54, 1.807) is 6.92 Å². The second-order valence-corrected chi connectivity index (χ2v) is 6.54. The van der Waals surface area contributed by atoms with Crippen LogP contribution in [0.2, 0.25) is 0 Å². The first-order chi connectivity index (χ1) is 11.2. The molecular formula is C18H25F3N2O. The maximum Gasteiger partial charge on any atom is 0.416 e. The molecule has 134 valence electrons. The molecule has 0 saturated carbocycles. The van der Waals surface area contributed by atoms with E-state index in [9.17, 15) is 18.0 Å². The van der Waals surface area contributed by atoms with Crippen molar-refractivity contribution in [3.8, 4) is 0 Å². The Bertz CT molecular complexity index is 556. The Kier molecular flexibility index (Phi) is 5.91. The summed E-state index contributed by atoms with van der Waals surface area (Å²) in [5.41, 5.74) is 0.214. The Labute approximate surface area is 141 Å².